The normalized spacial score (nSPS) is 21.6. The number of rotatable bonds is 5. The lowest BCUT2D eigenvalue weighted by atomic mass is 9.94. The minimum Gasteiger partial charge on any atom is -0.329 e. The third-order valence-corrected chi connectivity index (χ3v) is 5.60. The Bertz CT molecular complexity index is 650. The molecule has 2 N–H and O–H groups in total. The lowest BCUT2D eigenvalue weighted by Gasteiger charge is -2.29. The van der Waals surface area contributed by atoms with Gasteiger partial charge in [0, 0.05) is 48.9 Å². The van der Waals surface area contributed by atoms with Crippen molar-refractivity contribution in [2.75, 3.05) is 32.7 Å². The number of hydrazine groups is 1. The number of amides is 1. The molecule has 0 aromatic carbocycles. The average molecular weight is 374 g/mol. The van der Waals surface area contributed by atoms with Gasteiger partial charge in [0.25, 0.3) is 0 Å². The Kier molecular flexibility index (Phi) is 6.37. The van der Waals surface area contributed by atoms with Crippen LogP contribution in [-0.4, -0.2) is 54.4 Å². The molecule has 0 aromatic rings. The maximum absolute atomic E-state index is 12.6. The molecule has 0 saturated carbocycles. The molecule has 27 heavy (non-hydrogen) atoms. The van der Waals surface area contributed by atoms with Gasteiger partial charge in [0.2, 0.25) is 5.91 Å². The van der Waals surface area contributed by atoms with Gasteiger partial charge < -0.3 is 10.2 Å². The van der Waals surface area contributed by atoms with Crippen LogP contribution in [0.3, 0.4) is 0 Å². The molecular weight excluding hydrogens is 338 g/mol. The maximum Gasteiger partial charge on any atom is 0.229 e. The average Bonchev–Trinajstić information content (AvgIpc) is 2.96. The Balaban J connectivity index is 1.75. The van der Waals surface area contributed by atoms with E-state index >= 15 is 0 Å². The first-order valence-corrected chi connectivity index (χ1v) is 10.4. The highest BCUT2D eigenvalue weighted by Gasteiger charge is 2.31. The number of aliphatic imine (C=N–C) groups is 1. The van der Waals surface area contributed by atoms with E-state index in [0.29, 0.717) is 0 Å². The number of nitrogens with one attached hydrogen (secondary N) is 2. The van der Waals surface area contributed by atoms with Gasteiger partial charge >= 0.3 is 0 Å². The van der Waals surface area contributed by atoms with Gasteiger partial charge in [-0.2, -0.15) is 0 Å². The van der Waals surface area contributed by atoms with E-state index in [0.717, 1.165) is 49.6 Å². The molecule has 1 amide bonds. The van der Waals surface area contributed by atoms with Crippen LogP contribution in [0.4, 0.5) is 0 Å². The fourth-order valence-corrected chi connectivity index (χ4v) is 3.68. The van der Waals surface area contributed by atoms with Crippen molar-refractivity contribution in [3.8, 4) is 0 Å². The number of piperidine rings is 1. The molecule has 0 atom stereocenters. The van der Waals surface area contributed by atoms with Crippen molar-refractivity contribution in [2.24, 2.45) is 10.4 Å². The van der Waals surface area contributed by atoms with E-state index in [-0.39, 0.29) is 5.91 Å². The van der Waals surface area contributed by atoms with Gasteiger partial charge in [0.05, 0.1) is 0 Å². The molecule has 6 heteroatoms. The second-order valence-electron chi connectivity index (χ2n) is 8.82. The Morgan fingerprint density at radius 1 is 1.22 bits per heavy atom. The fraction of sp³-hybridized carbons (Fsp3) is 0.714. The van der Waals surface area contributed by atoms with E-state index in [9.17, 15) is 4.79 Å². The van der Waals surface area contributed by atoms with Gasteiger partial charge in [-0.05, 0) is 37.9 Å². The monoisotopic (exact) mass is 373 g/mol. The number of allylic oxidation sites excluding steroid dienone is 1. The summed E-state index contributed by atoms with van der Waals surface area (Å²) in [5, 5.41) is 5.37. The summed E-state index contributed by atoms with van der Waals surface area (Å²) in [7, 11) is 0. The third-order valence-electron chi connectivity index (χ3n) is 5.60. The van der Waals surface area contributed by atoms with Crippen molar-refractivity contribution in [3.63, 3.8) is 0 Å². The number of hydrogen-bond donors (Lipinski definition) is 2. The topological polar surface area (TPSA) is 60.0 Å². The SMILES string of the molecule is CCC1=CN=C2C(=C(NC(=O)C(C)(C)C)C1)CNN2CCN1CCCCC1. The molecule has 0 unspecified atom stereocenters. The van der Waals surface area contributed by atoms with Crippen molar-refractivity contribution < 1.29 is 4.79 Å². The predicted octanol–water partition coefficient (Wildman–Crippen LogP) is 2.81. The Morgan fingerprint density at radius 2 is 1.96 bits per heavy atom. The molecule has 150 valence electrons. The molecule has 3 heterocycles. The molecule has 0 radical (unpaired) electrons. The first-order valence-electron chi connectivity index (χ1n) is 10.4. The van der Waals surface area contributed by atoms with Crippen LogP contribution in [0.25, 0.3) is 0 Å². The summed E-state index contributed by atoms with van der Waals surface area (Å²) in [6.45, 7) is 13.1. The molecule has 3 aliphatic heterocycles. The number of carbonyl (C=O) groups is 1. The summed E-state index contributed by atoms with van der Waals surface area (Å²) in [4.78, 5) is 19.9. The number of fused-ring (bicyclic) bond motifs is 1. The van der Waals surface area contributed by atoms with Crippen molar-refractivity contribution in [1.82, 2.24) is 20.7 Å². The quantitative estimate of drug-likeness (QED) is 0.778. The van der Waals surface area contributed by atoms with Gasteiger partial charge in [-0.25, -0.2) is 10.4 Å². The summed E-state index contributed by atoms with van der Waals surface area (Å²) in [5.74, 6) is 1.04. The molecule has 2 saturated heterocycles. The summed E-state index contributed by atoms with van der Waals surface area (Å²) in [6.07, 6.45) is 7.69. The molecule has 0 bridgehead atoms. The number of amidine groups is 1. The molecular formula is C21H35N5O. The Labute approximate surface area is 163 Å². The Hall–Kier alpha value is -1.66. The van der Waals surface area contributed by atoms with E-state index in [4.69, 9.17) is 4.99 Å². The van der Waals surface area contributed by atoms with Crippen LogP contribution in [0.15, 0.2) is 28.0 Å². The highest BCUT2D eigenvalue weighted by molar-refractivity contribution is 6.02. The van der Waals surface area contributed by atoms with E-state index in [1.54, 1.807) is 0 Å². The van der Waals surface area contributed by atoms with Gasteiger partial charge in [-0.15, -0.1) is 0 Å². The van der Waals surface area contributed by atoms with Crippen LogP contribution >= 0.6 is 0 Å². The van der Waals surface area contributed by atoms with E-state index in [1.807, 2.05) is 27.0 Å². The first kappa shape index (κ1) is 20.1. The van der Waals surface area contributed by atoms with Gasteiger partial charge in [0.15, 0.2) is 0 Å². The molecule has 0 spiro atoms. The minimum atomic E-state index is -0.409. The summed E-state index contributed by atoms with van der Waals surface area (Å²) < 4.78 is 0. The largest absolute Gasteiger partial charge is 0.329 e. The number of hydrogen-bond acceptors (Lipinski definition) is 5. The van der Waals surface area contributed by atoms with Crippen LogP contribution in [0.5, 0.6) is 0 Å². The highest BCUT2D eigenvalue weighted by Crippen LogP contribution is 2.25. The van der Waals surface area contributed by atoms with E-state index in [2.05, 4.69) is 27.6 Å². The summed E-state index contributed by atoms with van der Waals surface area (Å²) >= 11 is 0. The van der Waals surface area contributed by atoms with E-state index < -0.39 is 5.41 Å². The zero-order valence-electron chi connectivity index (χ0n) is 17.4. The molecule has 0 aliphatic carbocycles. The van der Waals surface area contributed by atoms with Crippen LogP contribution < -0.4 is 10.7 Å². The molecule has 3 aliphatic rings. The third kappa shape index (κ3) is 4.99. The highest BCUT2D eigenvalue weighted by atomic mass is 16.2. The first-order chi connectivity index (χ1) is 12.9. The van der Waals surface area contributed by atoms with Crippen molar-refractivity contribution in [3.05, 3.63) is 23.0 Å². The zero-order chi connectivity index (χ0) is 19.4. The fourth-order valence-electron chi connectivity index (χ4n) is 3.68. The van der Waals surface area contributed by atoms with Crippen LogP contribution in [0, 0.1) is 5.41 Å². The van der Waals surface area contributed by atoms with Crippen molar-refractivity contribution in [1.29, 1.82) is 0 Å². The lowest BCUT2D eigenvalue weighted by Crippen LogP contribution is -2.42. The van der Waals surface area contributed by atoms with Crippen LogP contribution in [-0.2, 0) is 4.79 Å². The van der Waals surface area contributed by atoms with Crippen LogP contribution in [0.2, 0.25) is 0 Å². The summed E-state index contributed by atoms with van der Waals surface area (Å²) in [6, 6.07) is 0. The second kappa shape index (κ2) is 8.57. The minimum absolute atomic E-state index is 0.0634. The molecule has 3 rings (SSSR count). The number of nitrogens with zero attached hydrogens (tertiary/aromatic N) is 3. The molecule has 2 fully saturated rings. The van der Waals surface area contributed by atoms with Gasteiger partial charge in [-0.3, -0.25) is 9.80 Å². The lowest BCUT2D eigenvalue weighted by molar-refractivity contribution is -0.127. The maximum atomic E-state index is 12.6. The second-order valence-corrected chi connectivity index (χ2v) is 8.82. The smallest absolute Gasteiger partial charge is 0.229 e. The van der Waals surface area contributed by atoms with E-state index in [1.165, 1.54) is 37.9 Å². The number of likely N-dealkylation sites (tertiary alicyclic amines) is 1. The zero-order valence-corrected chi connectivity index (χ0v) is 17.4. The van der Waals surface area contributed by atoms with Gasteiger partial charge in [-0.1, -0.05) is 34.1 Å². The number of carbonyl (C=O) groups excluding carboxylic acids is 1. The predicted molar refractivity (Wildman–Crippen MR) is 110 cm³/mol. The standard InChI is InChI=1S/C21H35N5O/c1-5-16-13-18(24-20(27)21(2,3)4)17-15-23-26(19(17)22-14-16)12-11-25-9-7-6-8-10-25/h14,23H,5-13,15H2,1-4H3,(H,24,27). The molecule has 0 aromatic heterocycles. The summed E-state index contributed by atoms with van der Waals surface area (Å²) in [5.41, 5.74) is 6.46. The van der Waals surface area contributed by atoms with Crippen molar-refractivity contribution >= 4 is 11.7 Å². The Morgan fingerprint density at radius 3 is 2.63 bits per heavy atom. The molecule has 6 nitrogen and oxygen atoms in total. The van der Waals surface area contributed by atoms with Crippen molar-refractivity contribution in [2.45, 2.75) is 59.8 Å². The van der Waals surface area contributed by atoms with Crippen LogP contribution in [0.1, 0.15) is 59.8 Å². The van der Waals surface area contributed by atoms with Gasteiger partial charge in [0.1, 0.15) is 5.84 Å².